The molecule has 0 radical (unpaired) electrons. The summed E-state index contributed by atoms with van der Waals surface area (Å²) < 4.78 is 136. The number of azo groups is 2. The number of nitrogens with one attached hydrogen (secondary N) is 3. The van der Waals surface area contributed by atoms with Crippen LogP contribution in [0.2, 0.25) is 5.28 Å². The second-order valence-corrected chi connectivity index (χ2v) is 17.9. The number of aromatic nitrogens is 3. The van der Waals surface area contributed by atoms with Crippen molar-refractivity contribution in [3.8, 4) is 0 Å². The van der Waals surface area contributed by atoms with E-state index >= 15 is 0 Å². The van der Waals surface area contributed by atoms with Crippen LogP contribution in [0.15, 0.2) is 107 Å². The molecule has 30 heteroatoms. The average Bonchev–Trinajstić information content (AvgIpc) is 3.08. The van der Waals surface area contributed by atoms with Crippen LogP contribution in [0.5, 0.6) is 0 Å². The van der Waals surface area contributed by atoms with Gasteiger partial charge >= 0.3 is 118 Å². The van der Waals surface area contributed by atoms with Crippen molar-refractivity contribution in [2.75, 3.05) is 5.32 Å². The molecular weight excluding hydrogens is 946 g/mol. The first kappa shape index (κ1) is 55.5. The van der Waals surface area contributed by atoms with Crippen LogP contribution in [0.1, 0.15) is 11.1 Å². The van der Waals surface area contributed by atoms with Crippen molar-refractivity contribution in [1.82, 2.24) is 15.0 Å². The molecule has 0 unspecified atom stereocenters. The van der Waals surface area contributed by atoms with Crippen LogP contribution in [-0.4, -0.2) is 66.8 Å². The van der Waals surface area contributed by atoms with Gasteiger partial charge in [-0.2, -0.15) is 53.9 Å². The summed E-state index contributed by atoms with van der Waals surface area (Å²) in [6, 6.07) is 12.5. The fourth-order valence-corrected chi connectivity index (χ4v) is 8.11. The number of anilines is 2. The van der Waals surface area contributed by atoms with E-state index in [1.54, 1.807) is 19.9 Å². The third kappa shape index (κ3) is 13.0. The van der Waals surface area contributed by atoms with E-state index in [1.807, 2.05) is 0 Å². The Bertz CT molecular complexity index is 3310. The van der Waals surface area contributed by atoms with E-state index in [2.05, 4.69) is 40.7 Å². The molecule has 61 heavy (non-hydrogen) atoms. The molecular formula is C31H24ClN9Na4O12S4+4. The SMILES string of the molecule is Cc1cc(N=Nc2c(S(=O)(=O)O)ccc3c(S(=O)(=O)O)cc(S(=O)(=O)O)cc23)c(C)cc1N=Nc1ccc(Nc2nc(Cl)nc(=N)[nH]2)c2ccc(S(=O)(=O)O)cc12.[Na+].[Na+].[Na+].[Na+]. The van der Waals surface area contributed by atoms with Gasteiger partial charge in [0.2, 0.25) is 16.9 Å². The molecule has 0 aliphatic heterocycles. The topological polar surface area (TPSA) is 344 Å². The molecule has 0 aliphatic rings. The average molecular weight is 970 g/mol. The molecule has 7 N–H and O–H groups in total. The van der Waals surface area contributed by atoms with Gasteiger partial charge in [-0.3, -0.25) is 28.6 Å². The molecule has 0 fully saturated rings. The van der Waals surface area contributed by atoms with Crippen molar-refractivity contribution in [2.45, 2.75) is 33.4 Å². The summed E-state index contributed by atoms with van der Waals surface area (Å²) in [5.74, 6) is 0.0400. The van der Waals surface area contributed by atoms with Gasteiger partial charge < -0.3 is 5.32 Å². The molecule has 6 aromatic rings. The van der Waals surface area contributed by atoms with Crippen LogP contribution >= 0.6 is 11.6 Å². The fraction of sp³-hybridized carbons (Fsp3) is 0.0645. The second kappa shape index (κ2) is 21.1. The van der Waals surface area contributed by atoms with Crippen LogP contribution in [0, 0.1) is 19.3 Å². The number of aryl methyl sites for hydroxylation is 2. The number of H-pyrrole nitrogens is 1. The molecule has 21 nitrogen and oxygen atoms in total. The molecule has 6 rings (SSSR count). The van der Waals surface area contributed by atoms with Crippen molar-refractivity contribution < 1.29 is 170 Å². The predicted molar refractivity (Wildman–Crippen MR) is 202 cm³/mol. The van der Waals surface area contributed by atoms with Gasteiger partial charge in [0.1, 0.15) is 15.5 Å². The van der Waals surface area contributed by atoms with E-state index in [-0.39, 0.29) is 158 Å². The number of halogens is 1. The summed E-state index contributed by atoms with van der Waals surface area (Å²) >= 11 is 5.87. The quantitative estimate of drug-likeness (QED) is 0.0383. The molecule has 1 aromatic heterocycles. The molecule has 0 bridgehead atoms. The summed E-state index contributed by atoms with van der Waals surface area (Å²) in [4.78, 5) is 6.78. The number of nitrogens with zero attached hydrogens (tertiary/aromatic N) is 6. The minimum atomic E-state index is -5.16. The molecule has 0 saturated carbocycles. The zero-order chi connectivity index (χ0) is 41.8. The van der Waals surface area contributed by atoms with Crippen molar-refractivity contribution >= 4 is 108 Å². The number of fused-ring (bicyclic) bond motifs is 2. The van der Waals surface area contributed by atoms with Gasteiger partial charge in [-0.15, -0.1) is 10.2 Å². The van der Waals surface area contributed by atoms with Gasteiger partial charge in [-0.25, -0.2) is 0 Å². The Morgan fingerprint density at radius 1 is 0.574 bits per heavy atom. The number of hydrogen-bond acceptors (Lipinski definition) is 16. The first-order chi connectivity index (χ1) is 26.4. The fourth-order valence-electron chi connectivity index (χ4n) is 5.46. The van der Waals surface area contributed by atoms with Crippen molar-refractivity contribution in [2.24, 2.45) is 20.5 Å². The number of benzene rings is 5. The van der Waals surface area contributed by atoms with Crippen LogP contribution in [-0.2, 0) is 40.5 Å². The molecule has 5 aromatic carbocycles. The third-order valence-electron chi connectivity index (χ3n) is 8.06. The molecule has 0 spiro atoms. The maximum atomic E-state index is 12.3. The van der Waals surface area contributed by atoms with Crippen LogP contribution in [0.3, 0.4) is 0 Å². The second-order valence-electron chi connectivity index (χ2n) is 11.9. The molecule has 0 atom stereocenters. The maximum Gasteiger partial charge on any atom is 1.00 e. The third-order valence-corrected chi connectivity index (χ3v) is 11.7. The van der Waals surface area contributed by atoms with E-state index in [9.17, 15) is 51.9 Å². The number of rotatable bonds is 10. The van der Waals surface area contributed by atoms with Gasteiger partial charge in [-0.05, 0) is 91.2 Å². The smallest absolute Gasteiger partial charge is 0.325 e. The van der Waals surface area contributed by atoms with Crippen molar-refractivity contribution in [1.29, 1.82) is 5.41 Å². The minimum absolute atomic E-state index is 0. The summed E-state index contributed by atoms with van der Waals surface area (Å²) in [7, 11) is -20.0. The largest absolute Gasteiger partial charge is 1.00 e. The van der Waals surface area contributed by atoms with Crippen LogP contribution in [0.4, 0.5) is 34.4 Å². The van der Waals surface area contributed by atoms with E-state index in [4.69, 9.17) is 17.0 Å². The monoisotopic (exact) mass is 969 g/mol. The van der Waals surface area contributed by atoms with Crippen LogP contribution < -0.4 is 129 Å². The van der Waals surface area contributed by atoms with E-state index < -0.39 is 76.5 Å². The van der Waals surface area contributed by atoms with E-state index in [1.165, 1.54) is 30.3 Å². The predicted octanol–water partition coefficient (Wildman–Crippen LogP) is -5.56. The Balaban J connectivity index is 0.00000320. The Hall–Kier alpha value is -1.64. The number of hydrogen-bond donors (Lipinski definition) is 7. The Kier molecular flexibility index (Phi) is 19.2. The summed E-state index contributed by atoms with van der Waals surface area (Å²) in [6.45, 7) is 3.15. The molecule has 0 amide bonds. The standard InChI is InChI=1S/C31H24ClN9O12S4.4Na/c1-14-10-25(40-41-28-21-12-17(55(45,46)47)13-27(57(51,52)53)19(21)5-8-26(28)56(48,49)50)15(2)9-24(14)39-38-23-7-6-22(34-31-36-29(32)35-30(33)37-31)18-4-3-16(11-20(18)23)54(42,43)44;;;;/h3-13H,1-2H3,(H,42,43,44)(H,45,46,47)(H,48,49,50)(H,51,52,53)(H3,33,34,35,36,37);;;;/q;4*+1. The minimum Gasteiger partial charge on any atom is -0.325 e. The van der Waals surface area contributed by atoms with Crippen molar-refractivity contribution in [3.63, 3.8) is 0 Å². The van der Waals surface area contributed by atoms with Gasteiger partial charge in [0, 0.05) is 27.2 Å². The van der Waals surface area contributed by atoms with Crippen LogP contribution in [0.25, 0.3) is 21.5 Å². The Morgan fingerprint density at radius 3 is 1.64 bits per heavy atom. The molecule has 0 saturated heterocycles. The molecule has 0 aliphatic carbocycles. The Morgan fingerprint density at radius 2 is 1.10 bits per heavy atom. The van der Waals surface area contributed by atoms with Gasteiger partial charge in [-0.1, -0.05) is 12.1 Å². The summed E-state index contributed by atoms with van der Waals surface area (Å²) in [6.07, 6.45) is 0. The number of aromatic amines is 1. The van der Waals surface area contributed by atoms with Gasteiger partial charge in [0.05, 0.1) is 26.9 Å². The summed E-state index contributed by atoms with van der Waals surface area (Å²) in [5.41, 5.74) is 0.606. The Labute approximate surface area is 440 Å². The first-order valence-electron chi connectivity index (χ1n) is 15.4. The van der Waals surface area contributed by atoms with Crippen molar-refractivity contribution in [3.05, 3.63) is 88.8 Å². The molecule has 296 valence electrons. The van der Waals surface area contributed by atoms with Gasteiger partial charge in [0.25, 0.3) is 40.5 Å². The maximum absolute atomic E-state index is 12.3. The zero-order valence-electron chi connectivity index (χ0n) is 32.6. The first-order valence-corrected chi connectivity index (χ1v) is 21.5. The molecule has 1 heterocycles. The zero-order valence-corrected chi connectivity index (χ0v) is 44.6. The van der Waals surface area contributed by atoms with Gasteiger partial charge in [0.15, 0.2) is 0 Å². The summed E-state index contributed by atoms with van der Waals surface area (Å²) in [5, 5.41) is 26.7. The van der Waals surface area contributed by atoms with E-state index in [0.29, 0.717) is 34.3 Å². The van der Waals surface area contributed by atoms with E-state index in [0.717, 1.165) is 18.2 Å². The normalized spacial score (nSPS) is 12.1.